The Kier molecular flexibility index (Phi) is 3.65. The van der Waals surface area contributed by atoms with E-state index in [-0.39, 0.29) is 18.1 Å². The van der Waals surface area contributed by atoms with E-state index in [4.69, 9.17) is 13.9 Å². The van der Waals surface area contributed by atoms with Crippen molar-refractivity contribution in [2.24, 2.45) is 0 Å². The van der Waals surface area contributed by atoms with Crippen molar-refractivity contribution in [3.63, 3.8) is 0 Å². The fourth-order valence-corrected chi connectivity index (χ4v) is 4.02. The van der Waals surface area contributed by atoms with Crippen LogP contribution in [-0.4, -0.2) is 47.4 Å². The van der Waals surface area contributed by atoms with E-state index in [1.807, 2.05) is 0 Å². The van der Waals surface area contributed by atoms with E-state index in [2.05, 4.69) is 4.98 Å². The Bertz CT molecular complexity index is 1110. The molecule has 7 heteroatoms. The molecule has 0 aliphatic carbocycles. The third kappa shape index (κ3) is 2.62. The molecule has 1 aromatic heterocycles. The average molecular weight is 378 g/mol. The van der Waals surface area contributed by atoms with Crippen molar-refractivity contribution in [1.29, 1.82) is 0 Å². The number of hydrogen-bond donors (Lipinski definition) is 0. The number of aromatic nitrogens is 1. The van der Waals surface area contributed by atoms with Gasteiger partial charge in [-0.25, -0.2) is 4.98 Å². The third-order valence-electron chi connectivity index (χ3n) is 5.48. The van der Waals surface area contributed by atoms with Gasteiger partial charge in [-0.3, -0.25) is 9.59 Å². The Hall–Kier alpha value is -3.35. The Balaban J connectivity index is 1.38. The maximum Gasteiger partial charge on any atom is 0.254 e. The van der Waals surface area contributed by atoms with E-state index in [9.17, 15) is 9.59 Å². The number of nitrogens with zero attached hydrogens (tertiary/aromatic N) is 2. The second-order valence-electron chi connectivity index (χ2n) is 7.26. The molecule has 3 aromatic rings. The van der Waals surface area contributed by atoms with E-state index in [1.165, 1.54) is 6.39 Å². The van der Waals surface area contributed by atoms with Crippen LogP contribution in [0.5, 0.6) is 11.5 Å². The van der Waals surface area contributed by atoms with Gasteiger partial charge in [-0.15, -0.1) is 0 Å². The van der Waals surface area contributed by atoms with E-state index < -0.39 is 5.60 Å². The minimum Gasteiger partial charge on any atom is -0.497 e. The fraction of sp³-hybridized carbons (Fsp3) is 0.286. The lowest BCUT2D eigenvalue weighted by Crippen LogP contribution is -2.45. The summed E-state index contributed by atoms with van der Waals surface area (Å²) in [4.78, 5) is 31.5. The molecule has 2 aromatic carbocycles. The van der Waals surface area contributed by atoms with Crippen LogP contribution in [0.4, 0.5) is 0 Å². The van der Waals surface area contributed by atoms with Crippen molar-refractivity contribution < 1.29 is 23.5 Å². The summed E-state index contributed by atoms with van der Waals surface area (Å²) in [7, 11) is 1.56. The van der Waals surface area contributed by atoms with Gasteiger partial charge < -0.3 is 18.8 Å². The van der Waals surface area contributed by atoms with Gasteiger partial charge >= 0.3 is 0 Å². The predicted molar refractivity (Wildman–Crippen MR) is 99.8 cm³/mol. The molecule has 1 fully saturated rings. The van der Waals surface area contributed by atoms with Gasteiger partial charge in [0.1, 0.15) is 22.6 Å². The molecule has 5 rings (SSSR count). The summed E-state index contributed by atoms with van der Waals surface area (Å²) < 4.78 is 16.6. The minimum atomic E-state index is -0.674. The van der Waals surface area contributed by atoms with Crippen LogP contribution < -0.4 is 9.47 Å². The fourth-order valence-electron chi connectivity index (χ4n) is 4.02. The number of methoxy groups -OCH3 is 1. The van der Waals surface area contributed by atoms with E-state index >= 15 is 0 Å². The third-order valence-corrected chi connectivity index (χ3v) is 5.48. The first-order chi connectivity index (χ1) is 13.6. The molecule has 1 spiro atoms. The van der Waals surface area contributed by atoms with Crippen molar-refractivity contribution in [2.45, 2.75) is 18.4 Å². The van der Waals surface area contributed by atoms with Gasteiger partial charge in [0.15, 0.2) is 17.8 Å². The van der Waals surface area contributed by atoms with Gasteiger partial charge in [-0.2, -0.15) is 0 Å². The molecule has 1 amide bonds. The van der Waals surface area contributed by atoms with E-state index in [0.717, 1.165) is 0 Å². The number of fused-ring (bicyclic) bond motifs is 2. The molecule has 1 unspecified atom stereocenters. The topological polar surface area (TPSA) is 81.9 Å². The first-order valence-electron chi connectivity index (χ1n) is 9.10. The highest BCUT2D eigenvalue weighted by molar-refractivity contribution is 6.01. The lowest BCUT2D eigenvalue weighted by molar-refractivity contribution is 0.0427. The number of oxazole rings is 1. The largest absolute Gasteiger partial charge is 0.497 e. The zero-order valence-electron chi connectivity index (χ0n) is 15.3. The average Bonchev–Trinajstić information content (AvgIpc) is 3.34. The normalized spacial score (nSPS) is 21.0. The molecule has 142 valence electrons. The van der Waals surface area contributed by atoms with Crippen LogP contribution in [-0.2, 0) is 0 Å². The number of Topliss-reactive ketones (excluding diaryl/α,β-unsaturated/α-hetero) is 1. The van der Waals surface area contributed by atoms with Crippen molar-refractivity contribution in [3.05, 3.63) is 53.9 Å². The standard InChI is InChI=1S/C21H18N2O5/c1-26-14-3-5-18-15(9-14)17(24)10-21(28-18)6-7-23(11-21)20(25)13-2-4-19-16(8-13)22-12-27-19/h2-5,8-9,12H,6-7,10-11H2,1H3. The van der Waals surface area contributed by atoms with Gasteiger partial charge in [0, 0.05) is 18.5 Å². The molecule has 28 heavy (non-hydrogen) atoms. The van der Waals surface area contributed by atoms with Crippen LogP contribution in [0.3, 0.4) is 0 Å². The maximum atomic E-state index is 13.0. The van der Waals surface area contributed by atoms with E-state index in [0.29, 0.717) is 53.2 Å². The highest BCUT2D eigenvalue weighted by atomic mass is 16.5. The Labute approximate surface area is 160 Å². The summed E-state index contributed by atoms with van der Waals surface area (Å²) in [6.45, 7) is 0.911. The number of rotatable bonds is 2. The second-order valence-corrected chi connectivity index (χ2v) is 7.26. The highest BCUT2D eigenvalue weighted by Gasteiger charge is 2.47. The number of likely N-dealkylation sites (tertiary alicyclic amines) is 1. The van der Waals surface area contributed by atoms with Gasteiger partial charge in [0.25, 0.3) is 5.91 Å². The number of benzene rings is 2. The second kappa shape index (κ2) is 6.09. The smallest absolute Gasteiger partial charge is 0.254 e. The van der Waals surface area contributed by atoms with Crippen LogP contribution in [0.25, 0.3) is 11.1 Å². The number of carbonyl (C=O) groups excluding carboxylic acids is 2. The van der Waals surface area contributed by atoms with Gasteiger partial charge in [-0.1, -0.05) is 0 Å². The minimum absolute atomic E-state index is 0.0125. The summed E-state index contributed by atoms with van der Waals surface area (Å²) in [5.41, 5.74) is 1.69. The maximum absolute atomic E-state index is 13.0. The van der Waals surface area contributed by atoms with Crippen LogP contribution in [0.1, 0.15) is 33.6 Å². The molecule has 2 aliphatic heterocycles. The van der Waals surface area contributed by atoms with Gasteiger partial charge in [-0.05, 0) is 36.4 Å². The quantitative estimate of drug-likeness (QED) is 0.682. The lowest BCUT2D eigenvalue weighted by atomic mass is 9.89. The molecule has 2 aliphatic rings. The summed E-state index contributed by atoms with van der Waals surface area (Å²) in [6.07, 6.45) is 2.22. The van der Waals surface area contributed by atoms with Crippen molar-refractivity contribution >= 4 is 22.8 Å². The molecule has 0 N–H and O–H groups in total. The summed E-state index contributed by atoms with van der Waals surface area (Å²) in [5, 5.41) is 0. The zero-order valence-corrected chi connectivity index (χ0v) is 15.3. The monoisotopic (exact) mass is 378 g/mol. The molecule has 0 radical (unpaired) electrons. The highest BCUT2D eigenvalue weighted by Crippen LogP contribution is 2.40. The van der Waals surface area contributed by atoms with Crippen LogP contribution in [0.15, 0.2) is 47.2 Å². The van der Waals surface area contributed by atoms with Gasteiger partial charge in [0.2, 0.25) is 0 Å². The molecular weight excluding hydrogens is 360 g/mol. The number of amides is 1. The molecule has 1 saturated heterocycles. The molecule has 7 nitrogen and oxygen atoms in total. The van der Waals surface area contributed by atoms with Gasteiger partial charge in [0.05, 0.1) is 25.6 Å². The van der Waals surface area contributed by atoms with Crippen LogP contribution in [0, 0.1) is 0 Å². The first-order valence-corrected chi connectivity index (χ1v) is 9.10. The van der Waals surface area contributed by atoms with Crippen LogP contribution in [0.2, 0.25) is 0 Å². The number of carbonyl (C=O) groups is 2. The molecule has 1 atom stereocenters. The molecule has 3 heterocycles. The predicted octanol–water partition coefficient (Wildman–Crippen LogP) is 3.09. The lowest BCUT2D eigenvalue weighted by Gasteiger charge is -2.34. The molecule has 0 saturated carbocycles. The number of ketones is 1. The van der Waals surface area contributed by atoms with Crippen molar-refractivity contribution in [3.8, 4) is 11.5 Å². The Morgan fingerprint density at radius 1 is 1.25 bits per heavy atom. The van der Waals surface area contributed by atoms with Crippen molar-refractivity contribution in [1.82, 2.24) is 9.88 Å². The van der Waals surface area contributed by atoms with Crippen molar-refractivity contribution in [2.75, 3.05) is 20.2 Å². The first kappa shape index (κ1) is 16.8. The number of hydrogen-bond acceptors (Lipinski definition) is 6. The number of ether oxygens (including phenoxy) is 2. The zero-order chi connectivity index (χ0) is 19.3. The Morgan fingerprint density at radius 3 is 3.00 bits per heavy atom. The Morgan fingerprint density at radius 2 is 2.14 bits per heavy atom. The molecular formula is C21H18N2O5. The van der Waals surface area contributed by atoms with Crippen LogP contribution >= 0.6 is 0 Å². The molecule has 0 bridgehead atoms. The van der Waals surface area contributed by atoms with E-state index in [1.54, 1.807) is 48.4 Å². The summed E-state index contributed by atoms with van der Waals surface area (Å²) in [6, 6.07) is 10.4. The summed E-state index contributed by atoms with van der Waals surface area (Å²) in [5.74, 6) is 1.09. The SMILES string of the molecule is COc1ccc2c(c1)C(=O)CC1(CCN(C(=O)c3ccc4ocnc4c3)C1)O2. The summed E-state index contributed by atoms with van der Waals surface area (Å²) >= 11 is 0.